The smallest absolute Gasteiger partial charge is 0.376 e. The van der Waals surface area contributed by atoms with E-state index in [1.807, 2.05) is 0 Å². The summed E-state index contributed by atoms with van der Waals surface area (Å²) in [4.78, 5) is 3.63. The van der Waals surface area contributed by atoms with E-state index in [1.54, 1.807) is 6.07 Å². The lowest BCUT2D eigenvalue weighted by molar-refractivity contribution is -0.141. The number of anilines is 1. The first kappa shape index (κ1) is 12.7. The van der Waals surface area contributed by atoms with Crippen molar-refractivity contribution >= 4 is 5.82 Å². The lowest BCUT2D eigenvalue weighted by Gasteiger charge is -2.20. The molecule has 0 radical (unpaired) electrons. The van der Waals surface area contributed by atoms with Gasteiger partial charge in [0.2, 0.25) is 0 Å². The molecule has 1 saturated carbocycles. The molecule has 0 amide bonds. The van der Waals surface area contributed by atoms with Crippen molar-refractivity contribution in [3.8, 4) is 0 Å². The van der Waals surface area contributed by atoms with Crippen LogP contribution < -0.4 is 5.32 Å². The summed E-state index contributed by atoms with van der Waals surface area (Å²) in [6, 6.07) is 4.00. The van der Waals surface area contributed by atoms with E-state index < -0.39 is 11.9 Å². The summed E-state index contributed by atoms with van der Waals surface area (Å²) in [5, 5.41) is 3.09. The molecule has 3 rings (SSSR count). The van der Waals surface area contributed by atoms with Gasteiger partial charge in [0.1, 0.15) is 11.5 Å². The minimum absolute atomic E-state index is 0.0727. The van der Waals surface area contributed by atoms with Gasteiger partial charge in [-0.25, -0.2) is 4.98 Å². The first-order valence-electron chi connectivity index (χ1n) is 6.46. The van der Waals surface area contributed by atoms with E-state index in [1.165, 1.54) is 6.07 Å². The van der Waals surface area contributed by atoms with Crippen LogP contribution in [-0.4, -0.2) is 23.7 Å². The molecule has 2 fully saturated rings. The lowest BCUT2D eigenvalue weighted by atomic mass is 10.1. The molecule has 1 aromatic rings. The highest BCUT2D eigenvalue weighted by Gasteiger charge is 2.41. The van der Waals surface area contributed by atoms with Gasteiger partial charge in [0.05, 0.1) is 12.1 Å². The van der Waals surface area contributed by atoms with Crippen LogP contribution in [0, 0.1) is 5.92 Å². The third-order valence-electron chi connectivity index (χ3n) is 3.60. The number of aromatic nitrogens is 1. The topological polar surface area (TPSA) is 34.1 Å². The number of rotatable bonds is 3. The zero-order valence-electron chi connectivity index (χ0n) is 10.3. The largest absolute Gasteiger partial charge is 0.433 e. The van der Waals surface area contributed by atoms with Gasteiger partial charge >= 0.3 is 6.18 Å². The van der Waals surface area contributed by atoms with Gasteiger partial charge in [0, 0.05) is 6.61 Å². The molecule has 1 aliphatic heterocycles. The Bertz CT molecular complexity index is 459. The Morgan fingerprint density at radius 2 is 2.00 bits per heavy atom. The second kappa shape index (κ2) is 4.67. The Kier molecular flexibility index (Phi) is 3.12. The molecule has 0 aromatic carbocycles. The first-order valence-corrected chi connectivity index (χ1v) is 6.46. The van der Waals surface area contributed by atoms with Gasteiger partial charge in [0.25, 0.3) is 0 Å². The highest BCUT2D eigenvalue weighted by molar-refractivity contribution is 5.38. The quantitative estimate of drug-likeness (QED) is 0.918. The minimum atomic E-state index is -4.40. The van der Waals surface area contributed by atoms with Crippen molar-refractivity contribution < 1.29 is 17.9 Å². The van der Waals surface area contributed by atoms with Gasteiger partial charge in [0.15, 0.2) is 0 Å². The summed E-state index contributed by atoms with van der Waals surface area (Å²) < 4.78 is 43.4. The number of hydrogen-bond acceptors (Lipinski definition) is 3. The molecule has 2 atom stereocenters. The van der Waals surface area contributed by atoms with Gasteiger partial charge in [-0.3, -0.25) is 0 Å². The van der Waals surface area contributed by atoms with Crippen LogP contribution in [0.15, 0.2) is 18.2 Å². The number of ether oxygens (including phenoxy) is 1. The van der Waals surface area contributed by atoms with Gasteiger partial charge in [-0.05, 0) is 37.3 Å². The molecule has 0 bridgehead atoms. The normalized spacial score (nSPS) is 27.5. The maximum atomic E-state index is 12.6. The van der Waals surface area contributed by atoms with E-state index in [4.69, 9.17) is 4.74 Å². The van der Waals surface area contributed by atoms with E-state index in [-0.39, 0.29) is 18.0 Å². The van der Waals surface area contributed by atoms with Crippen LogP contribution >= 0.6 is 0 Å². The van der Waals surface area contributed by atoms with E-state index in [0.717, 1.165) is 25.3 Å². The van der Waals surface area contributed by atoms with Crippen LogP contribution in [0.5, 0.6) is 0 Å². The Morgan fingerprint density at radius 3 is 2.68 bits per heavy atom. The predicted molar refractivity (Wildman–Crippen MR) is 63.7 cm³/mol. The molecule has 104 valence electrons. The number of nitrogens with one attached hydrogen (secondary N) is 1. The summed E-state index contributed by atoms with van der Waals surface area (Å²) in [6.45, 7) is 0.664. The van der Waals surface area contributed by atoms with Crippen molar-refractivity contribution in [3.63, 3.8) is 0 Å². The van der Waals surface area contributed by atoms with Crippen molar-refractivity contribution in [2.24, 2.45) is 5.92 Å². The molecule has 19 heavy (non-hydrogen) atoms. The third-order valence-corrected chi connectivity index (χ3v) is 3.60. The van der Waals surface area contributed by atoms with Crippen molar-refractivity contribution in [2.45, 2.75) is 37.6 Å². The maximum Gasteiger partial charge on any atom is 0.433 e. The molecule has 6 heteroatoms. The van der Waals surface area contributed by atoms with Crippen LogP contribution in [0.2, 0.25) is 0 Å². The van der Waals surface area contributed by atoms with Crippen LogP contribution in [0.4, 0.5) is 19.0 Å². The molecule has 1 saturated heterocycles. The van der Waals surface area contributed by atoms with Crippen LogP contribution in [0.1, 0.15) is 25.0 Å². The van der Waals surface area contributed by atoms with Gasteiger partial charge in [-0.1, -0.05) is 6.07 Å². The molecule has 1 N–H and O–H groups in total. The number of halogens is 3. The summed E-state index contributed by atoms with van der Waals surface area (Å²) in [7, 11) is 0. The maximum absolute atomic E-state index is 12.6. The Balaban J connectivity index is 1.72. The summed E-state index contributed by atoms with van der Waals surface area (Å²) in [5.74, 6) is 0.835. The highest BCUT2D eigenvalue weighted by atomic mass is 19.4. The second-order valence-corrected chi connectivity index (χ2v) is 5.12. The number of hydrogen-bond donors (Lipinski definition) is 1. The average Bonchev–Trinajstić information content (AvgIpc) is 3.10. The van der Waals surface area contributed by atoms with Gasteiger partial charge in [-0.2, -0.15) is 13.2 Å². The molecule has 0 spiro atoms. The molecular weight excluding hydrogens is 257 g/mol. The molecule has 1 aromatic heterocycles. The van der Waals surface area contributed by atoms with Crippen LogP contribution in [0.25, 0.3) is 0 Å². The number of alkyl halides is 3. The number of nitrogens with zero attached hydrogens (tertiary/aromatic N) is 1. The summed E-state index contributed by atoms with van der Waals surface area (Å²) in [6.07, 6.45) is -1.16. The fraction of sp³-hybridized carbons (Fsp3) is 0.615. The predicted octanol–water partition coefficient (Wildman–Crippen LogP) is 3.08. The van der Waals surface area contributed by atoms with Gasteiger partial charge < -0.3 is 10.1 Å². The van der Waals surface area contributed by atoms with Crippen LogP contribution in [0.3, 0.4) is 0 Å². The Hall–Kier alpha value is -1.30. The summed E-state index contributed by atoms with van der Waals surface area (Å²) in [5.41, 5.74) is -0.862. The van der Waals surface area contributed by atoms with Crippen molar-refractivity contribution in [1.29, 1.82) is 0 Å². The Labute approximate surface area is 109 Å². The van der Waals surface area contributed by atoms with E-state index in [9.17, 15) is 13.2 Å². The molecule has 2 unspecified atom stereocenters. The van der Waals surface area contributed by atoms with E-state index in [0.29, 0.717) is 12.5 Å². The monoisotopic (exact) mass is 272 g/mol. The number of pyridine rings is 1. The second-order valence-electron chi connectivity index (χ2n) is 5.12. The molecule has 1 aliphatic carbocycles. The molecule has 3 nitrogen and oxygen atoms in total. The lowest BCUT2D eigenvalue weighted by Crippen LogP contribution is -2.31. The zero-order chi connectivity index (χ0) is 13.5. The van der Waals surface area contributed by atoms with Crippen molar-refractivity contribution in [1.82, 2.24) is 4.98 Å². The molecule has 2 heterocycles. The third kappa shape index (κ3) is 2.83. The van der Waals surface area contributed by atoms with E-state index >= 15 is 0 Å². The van der Waals surface area contributed by atoms with E-state index in [2.05, 4.69) is 10.3 Å². The Morgan fingerprint density at radius 1 is 1.21 bits per heavy atom. The SMILES string of the molecule is FC(F)(F)c1cccc(NC2CCOC2C2CC2)n1. The van der Waals surface area contributed by atoms with Crippen molar-refractivity contribution in [2.75, 3.05) is 11.9 Å². The van der Waals surface area contributed by atoms with Crippen molar-refractivity contribution in [3.05, 3.63) is 23.9 Å². The minimum Gasteiger partial charge on any atom is -0.376 e. The first-order chi connectivity index (χ1) is 9.04. The zero-order valence-corrected chi connectivity index (χ0v) is 10.3. The average molecular weight is 272 g/mol. The van der Waals surface area contributed by atoms with Gasteiger partial charge in [-0.15, -0.1) is 0 Å². The fourth-order valence-electron chi connectivity index (χ4n) is 2.52. The molecular formula is C13H15F3N2O. The molecule has 2 aliphatic rings. The standard InChI is InChI=1S/C13H15F3N2O/c14-13(15,16)10-2-1-3-11(18-10)17-9-6-7-19-12(9)8-4-5-8/h1-3,8-9,12H,4-7H2,(H,17,18). The fourth-order valence-corrected chi connectivity index (χ4v) is 2.52. The van der Waals surface area contributed by atoms with Crippen LogP contribution in [-0.2, 0) is 10.9 Å². The summed E-state index contributed by atoms with van der Waals surface area (Å²) >= 11 is 0. The highest BCUT2D eigenvalue weighted by Crippen LogP contribution is 2.39.